The summed E-state index contributed by atoms with van der Waals surface area (Å²) in [7, 11) is 2.66. The maximum atomic E-state index is 14.0. The van der Waals surface area contributed by atoms with Crippen molar-refractivity contribution < 1.29 is 18.7 Å². The van der Waals surface area contributed by atoms with Crippen molar-refractivity contribution in [2.75, 3.05) is 25.7 Å². The molecule has 0 spiro atoms. The number of aromatic nitrogens is 2. The van der Waals surface area contributed by atoms with Crippen LogP contribution in [0.5, 0.6) is 0 Å². The molecule has 2 rings (SSSR count). The van der Waals surface area contributed by atoms with E-state index in [1.54, 1.807) is 24.3 Å². The molecule has 4 N–H and O–H groups in total. The summed E-state index contributed by atoms with van der Waals surface area (Å²) in [4.78, 5) is 19.0. The van der Waals surface area contributed by atoms with Gasteiger partial charge in [-0.05, 0) is 5.56 Å². The Labute approximate surface area is 126 Å². The summed E-state index contributed by atoms with van der Waals surface area (Å²) in [6, 6.07) is 6.37. The van der Waals surface area contributed by atoms with E-state index < -0.39 is 17.9 Å². The Bertz CT molecular complexity index is 691. The molecule has 2 aromatic rings. The summed E-state index contributed by atoms with van der Waals surface area (Å²) in [6.07, 6.45) is -0.857. The topological polar surface area (TPSA) is 113 Å². The zero-order chi connectivity index (χ0) is 16.3. The molecular formula is C14H15FN4O3. The van der Waals surface area contributed by atoms with E-state index in [-0.39, 0.29) is 17.5 Å². The van der Waals surface area contributed by atoms with Crippen LogP contribution in [0.25, 0.3) is 11.3 Å². The van der Waals surface area contributed by atoms with Gasteiger partial charge in [0.2, 0.25) is 5.95 Å². The van der Waals surface area contributed by atoms with Gasteiger partial charge in [0, 0.05) is 12.7 Å². The fourth-order valence-corrected chi connectivity index (χ4v) is 1.96. The van der Waals surface area contributed by atoms with Gasteiger partial charge in [-0.3, -0.25) is 0 Å². The van der Waals surface area contributed by atoms with Gasteiger partial charge in [0.25, 0.3) is 0 Å². The first-order chi connectivity index (χ1) is 10.5. The molecule has 1 atom stereocenters. The Balaban J connectivity index is 2.39. The third kappa shape index (κ3) is 2.96. The van der Waals surface area contributed by atoms with Crippen LogP contribution in [0.3, 0.4) is 0 Å². The maximum absolute atomic E-state index is 14.0. The van der Waals surface area contributed by atoms with Crippen molar-refractivity contribution >= 4 is 17.7 Å². The van der Waals surface area contributed by atoms with Crippen LogP contribution in [0, 0.1) is 5.82 Å². The van der Waals surface area contributed by atoms with Crippen LogP contribution in [0.4, 0.5) is 16.2 Å². The molecule has 0 aliphatic rings. The van der Waals surface area contributed by atoms with Crippen molar-refractivity contribution in [3.8, 4) is 11.3 Å². The van der Waals surface area contributed by atoms with Crippen LogP contribution < -0.4 is 11.5 Å². The number of halogens is 1. The molecule has 1 aromatic carbocycles. The Morgan fingerprint density at radius 2 is 1.82 bits per heavy atom. The Hall–Kier alpha value is -2.74. The zero-order valence-corrected chi connectivity index (χ0v) is 12.0. The number of carbonyl (C=O) groups is 1. The molecule has 0 aliphatic heterocycles. The summed E-state index contributed by atoms with van der Waals surface area (Å²) < 4.78 is 23.7. The molecule has 0 aliphatic carbocycles. The number of anilines is 2. The predicted octanol–water partition coefficient (Wildman–Crippen LogP) is 1.31. The largest absolute Gasteiger partial charge is 0.467 e. The number of hydrogen-bond donors (Lipinski definition) is 2. The number of nitrogens with two attached hydrogens (primary N) is 2. The average Bonchev–Trinajstić information content (AvgIpc) is 2.52. The highest BCUT2D eigenvalue weighted by molar-refractivity contribution is 5.77. The molecule has 1 aromatic heterocycles. The lowest BCUT2D eigenvalue weighted by atomic mass is 10.0. The monoisotopic (exact) mass is 306 g/mol. The summed E-state index contributed by atoms with van der Waals surface area (Å²) in [6.45, 7) is 0. The molecule has 1 heterocycles. The number of esters is 1. The lowest BCUT2D eigenvalue weighted by Crippen LogP contribution is -2.15. The van der Waals surface area contributed by atoms with E-state index >= 15 is 0 Å². The molecule has 0 saturated carbocycles. The molecule has 116 valence electrons. The number of benzene rings is 1. The maximum Gasteiger partial charge on any atom is 0.339 e. The van der Waals surface area contributed by atoms with Crippen LogP contribution in [-0.4, -0.2) is 30.2 Å². The highest BCUT2D eigenvalue weighted by atomic mass is 19.1. The second kappa shape index (κ2) is 6.35. The third-order valence-corrected chi connectivity index (χ3v) is 3.03. The molecule has 0 saturated heterocycles. The molecule has 0 bridgehead atoms. The normalized spacial score (nSPS) is 12.0. The van der Waals surface area contributed by atoms with E-state index in [4.69, 9.17) is 16.2 Å². The Morgan fingerprint density at radius 3 is 2.36 bits per heavy atom. The smallest absolute Gasteiger partial charge is 0.339 e. The molecule has 0 fully saturated rings. The van der Waals surface area contributed by atoms with Gasteiger partial charge < -0.3 is 20.9 Å². The van der Waals surface area contributed by atoms with Crippen molar-refractivity contribution in [1.29, 1.82) is 0 Å². The van der Waals surface area contributed by atoms with Crippen molar-refractivity contribution in [2.45, 2.75) is 6.10 Å². The second-order valence-corrected chi connectivity index (χ2v) is 4.39. The molecule has 8 heteroatoms. The van der Waals surface area contributed by atoms with Crippen LogP contribution in [-0.2, 0) is 14.3 Å². The fourth-order valence-electron chi connectivity index (χ4n) is 1.96. The zero-order valence-electron chi connectivity index (χ0n) is 12.0. The van der Waals surface area contributed by atoms with Crippen LogP contribution in [0.1, 0.15) is 11.7 Å². The molecular weight excluding hydrogens is 291 g/mol. The van der Waals surface area contributed by atoms with E-state index in [1.807, 2.05) is 0 Å². The number of nitrogen functional groups attached to an aromatic ring is 2. The fraction of sp³-hybridized carbons (Fsp3) is 0.214. The molecule has 1 unspecified atom stereocenters. The van der Waals surface area contributed by atoms with E-state index in [2.05, 4.69) is 14.7 Å². The van der Waals surface area contributed by atoms with E-state index in [0.29, 0.717) is 11.1 Å². The summed E-state index contributed by atoms with van der Waals surface area (Å²) in [5.74, 6) is -1.73. The van der Waals surface area contributed by atoms with E-state index in [9.17, 15) is 9.18 Å². The molecule has 0 radical (unpaired) electrons. The van der Waals surface area contributed by atoms with Gasteiger partial charge in [-0.15, -0.1) is 0 Å². The lowest BCUT2D eigenvalue weighted by Gasteiger charge is -2.13. The van der Waals surface area contributed by atoms with E-state index in [1.165, 1.54) is 14.2 Å². The van der Waals surface area contributed by atoms with Crippen molar-refractivity contribution in [3.05, 3.63) is 35.6 Å². The number of nitrogens with zero attached hydrogens (tertiary/aromatic N) is 2. The SMILES string of the molecule is COC(=O)C(OC)c1ccc(-c2nc(N)nc(N)c2F)cc1. The summed E-state index contributed by atoms with van der Waals surface area (Å²) >= 11 is 0. The van der Waals surface area contributed by atoms with Gasteiger partial charge in [0.15, 0.2) is 17.7 Å². The van der Waals surface area contributed by atoms with Gasteiger partial charge in [-0.1, -0.05) is 24.3 Å². The summed E-state index contributed by atoms with van der Waals surface area (Å²) in [5.41, 5.74) is 11.9. The number of hydrogen-bond acceptors (Lipinski definition) is 7. The Morgan fingerprint density at radius 1 is 1.18 bits per heavy atom. The standard InChI is InChI=1S/C14H15FN4O3/c1-21-11(13(20)22-2)8-5-3-7(4-6-8)10-9(15)12(16)19-14(17)18-10/h3-6,11H,1-2H3,(H4,16,17,18,19). The average molecular weight is 306 g/mol. The first-order valence-corrected chi connectivity index (χ1v) is 6.27. The van der Waals surface area contributed by atoms with Crippen molar-refractivity contribution in [2.24, 2.45) is 0 Å². The Kier molecular flexibility index (Phi) is 4.52. The highest BCUT2D eigenvalue weighted by Crippen LogP contribution is 2.26. The minimum Gasteiger partial charge on any atom is -0.467 e. The van der Waals surface area contributed by atoms with E-state index in [0.717, 1.165) is 0 Å². The highest BCUT2D eigenvalue weighted by Gasteiger charge is 2.21. The van der Waals surface area contributed by atoms with Crippen molar-refractivity contribution in [3.63, 3.8) is 0 Å². The van der Waals surface area contributed by atoms with Crippen LogP contribution in [0.15, 0.2) is 24.3 Å². The minimum absolute atomic E-state index is 0.0106. The van der Waals surface area contributed by atoms with Gasteiger partial charge in [-0.25, -0.2) is 14.2 Å². The number of rotatable bonds is 4. The van der Waals surface area contributed by atoms with Crippen LogP contribution >= 0.6 is 0 Å². The van der Waals surface area contributed by atoms with Crippen molar-refractivity contribution in [1.82, 2.24) is 9.97 Å². The molecule has 7 nitrogen and oxygen atoms in total. The number of ether oxygens (including phenoxy) is 2. The lowest BCUT2D eigenvalue weighted by molar-refractivity contribution is -0.152. The van der Waals surface area contributed by atoms with Gasteiger partial charge in [0.1, 0.15) is 5.69 Å². The number of methoxy groups -OCH3 is 2. The quantitative estimate of drug-likeness (QED) is 0.818. The molecule has 0 amide bonds. The van der Waals surface area contributed by atoms with Gasteiger partial charge in [-0.2, -0.15) is 4.98 Å². The predicted molar refractivity (Wildman–Crippen MR) is 78.0 cm³/mol. The first-order valence-electron chi connectivity index (χ1n) is 6.27. The second-order valence-electron chi connectivity index (χ2n) is 4.39. The van der Waals surface area contributed by atoms with Gasteiger partial charge >= 0.3 is 5.97 Å². The molecule has 22 heavy (non-hydrogen) atoms. The number of carbonyl (C=O) groups excluding carboxylic acids is 1. The van der Waals surface area contributed by atoms with Crippen LogP contribution in [0.2, 0.25) is 0 Å². The minimum atomic E-state index is -0.857. The third-order valence-electron chi connectivity index (χ3n) is 3.03. The van der Waals surface area contributed by atoms with Gasteiger partial charge in [0.05, 0.1) is 7.11 Å². The first kappa shape index (κ1) is 15.6. The summed E-state index contributed by atoms with van der Waals surface area (Å²) in [5, 5.41) is 0.